The molecule has 0 spiro atoms. The van der Waals surface area contributed by atoms with Gasteiger partial charge < -0.3 is 10.1 Å². The standard InChI is InChI=1S/C25H24N2O2S/c1-16(2)15-29-21-6-4-5-19(14-21)24(28)26-20-10-8-18(9-11-20)25-27-22-12-7-17(3)13-23(22)30-25/h4-14,16H,15H2,1-3H3,(H,26,28). The lowest BCUT2D eigenvalue weighted by atomic mass is 10.1. The number of fused-ring (bicyclic) bond motifs is 1. The van der Waals surface area contributed by atoms with Crippen LogP contribution >= 0.6 is 11.3 Å². The number of anilines is 1. The molecule has 0 unspecified atom stereocenters. The van der Waals surface area contributed by atoms with Gasteiger partial charge in [-0.1, -0.05) is 26.0 Å². The number of nitrogens with one attached hydrogen (secondary N) is 1. The third-order valence-electron chi connectivity index (χ3n) is 4.61. The molecule has 0 saturated carbocycles. The number of hydrogen-bond acceptors (Lipinski definition) is 4. The van der Waals surface area contributed by atoms with Gasteiger partial charge in [-0.25, -0.2) is 4.98 Å². The zero-order valence-corrected chi connectivity index (χ0v) is 18.1. The highest BCUT2D eigenvalue weighted by Gasteiger charge is 2.10. The van der Waals surface area contributed by atoms with Crippen molar-refractivity contribution in [2.24, 2.45) is 5.92 Å². The molecule has 3 aromatic carbocycles. The molecule has 5 heteroatoms. The zero-order valence-electron chi connectivity index (χ0n) is 17.3. The van der Waals surface area contributed by atoms with Gasteiger partial charge in [-0.2, -0.15) is 0 Å². The molecule has 1 aromatic heterocycles. The van der Waals surface area contributed by atoms with Crippen molar-refractivity contribution in [3.63, 3.8) is 0 Å². The quantitative estimate of drug-likeness (QED) is 0.387. The van der Waals surface area contributed by atoms with Gasteiger partial charge in [-0.05, 0) is 73.0 Å². The second-order valence-electron chi connectivity index (χ2n) is 7.75. The predicted molar refractivity (Wildman–Crippen MR) is 125 cm³/mol. The highest BCUT2D eigenvalue weighted by Crippen LogP contribution is 2.31. The first-order valence-electron chi connectivity index (χ1n) is 10.00. The summed E-state index contributed by atoms with van der Waals surface area (Å²) in [7, 11) is 0. The lowest BCUT2D eigenvalue weighted by Crippen LogP contribution is -2.12. The normalized spacial score (nSPS) is 11.1. The molecule has 0 aliphatic rings. The average Bonchev–Trinajstić information content (AvgIpc) is 3.16. The Bertz CT molecular complexity index is 1180. The van der Waals surface area contributed by atoms with Gasteiger partial charge in [0.2, 0.25) is 0 Å². The summed E-state index contributed by atoms with van der Waals surface area (Å²) in [6, 6.07) is 21.3. The lowest BCUT2D eigenvalue weighted by Gasteiger charge is -2.10. The highest BCUT2D eigenvalue weighted by molar-refractivity contribution is 7.21. The Hall–Kier alpha value is -3.18. The minimum Gasteiger partial charge on any atom is -0.493 e. The molecule has 0 atom stereocenters. The van der Waals surface area contributed by atoms with Crippen LogP contribution in [-0.4, -0.2) is 17.5 Å². The molecule has 0 saturated heterocycles. The Morgan fingerprint density at radius 1 is 1.07 bits per heavy atom. The van der Waals surface area contributed by atoms with Crippen LogP contribution in [0.15, 0.2) is 66.7 Å². The molecule has 0 fully saturated rings. The number of rotatable bonds is 6. The number of hydrogen-bond donors (Lipinski definition) is 1. The number of thiazole rings is 1. The molecule has 0 aliphatic carbocycles. The molecule has 0 bridgehead atoms. The van der Waals surface area contributed by atoms with Crippen LogP contribution in [0.1, 0.15) is 29.8 Å². The van der Waals surface area contributed by atoms with Crippen LogP contribution in [-0.2, 0) is 0 Å². The summed E-state index contributed by atoms with van der Waals surface area (Å²) in [6.45, 7) is 6.89. The molecule has 4 rings (SSSR count). The number of ether oxygens (including phenoxy) is 1. The van der Waals surface area contributed by atoms with Crippen LogP contribution in [0, 0.1) is 12.8 Å². The van der Waals surface area contributed by atoms with E-state index in [2.05, 4.69) is 44.3 Å². The molecule has 4 aromatic rings. The summed E-state index contributed by atoms with van der Waals surface area (Å²) in [5.41, 5.74) is 4.60. The highest BCUT2D eigenvalue weighted by atomic mass is 32.1. The van der Waals surface area contributed by atoms with Crippen LogP contribution < -0.4 is 10.1 Å². The molecule has 0 radical (unpaired) electrons. The van der Waals surface area contributed by atoms with Crippen molar-refractivity contribution in [3.05, 3.63) is 77.9 Å². The molecule has 1 N–H and O–H groups in total. The molecule has 4 nitrogen and oxygen atoms in total. The van der Waals surface area contributed by atoms with Crippen molar-refractivity contribution < 1.29 is 9.53 Å². The van der Waals surface area contributed by atoms with Crippen LogP contribution in [0.2, 0.25) is 0 Å². The number of carbonyl (C=O) groups excluding carboxylic acids is 1. The van der Waals surface area contributed by atoms with Gasteiger partial charge in [0.25, 0.3) is 5.91 Å². The summed E-state index contributed by atoms with van der Waals surface area (Å²) in [5.74, 6) is 0.978. The third kappa shape index (κ3) is 4.69. The first kappa shape index (κ1) is 20.1. The van der Waals surface area contributed by atoms with Crippen molar-refractivity contribution in [1.29, 1.82) is 0 Å². The lowest BCUT2D eigenvalue weighted by molar-refractivity contribution is 0.102. The van der Waals surface area contributed by atoms with E-state index in [4.69, 9.17) is 9.72 Å². The van der Waals surface area contributed by atoms with Crippen molar-refractivity contribution >= 4 is 33.1 Å². The number of carbonyl (C=O) groups is 1. The summed E-state index contributed by atoms with van der Waals surface area (Å²) >= 11 is 1.68. The Labute approximate surface area is 180 Å². The first-order valence-corrected chi connectivity index (χ1v) is 10.8. The SMILES string of the molecule is Cc1ccc2nc(-c3ccc(NC(=O)c4cccc(OCC(C)C)c4)cc3)sc2c1. The van der Waals surface area contributed by atoms with Gasteiger partial charge in [0.1, 0.15) is 10.8 Å². The van der Waals surface area contributed by atoms with Gasteiger partial charge in [0.15, 0.2) is 0 Å². The van der Waals surface area contributed by atoms with Crippen molar-refractivity contribution in [2.45, 2.75) is 20.8 Å². The Balaban J connectivity index is 1.46. The number of aryl methyl sites for hydroxylation is 1. The van der Waals surface area contributed by atoms with Crippen LogP contribution in [0.25, 0.3) is 20.8 Å². The molecular formula is C25H24N2O2S. The fourth-order valence-electron chi connectivity index (χ4n) is 3.04. The number of nitrogens with zero attached hydrogens (tertiary/aromatic N) is 1. The summed E-state index contributed by atoms with van der Waals surface area (Å²) in [4.78, 5) is 17.4. The van der Waals surface area contributed by atoms with E-state index in [1.807, 2.05) is 36.4 Å². The van der Waals surface area contributed by atoms with E-state index in [-0.39, 0.29) is 5.91 Å². The van der Waals surface area contributed by atoms with E-state index in [0.29, 0.717) is 23.8 Å². The second kappa shape index (κ2) is 8.67. The second-order valence-corrected chi connectivity index (χ2v) is 8.79. The fraction of sp³-hybridized carbons (Fsp3) is 0.200. The summed E-state index contributed by atoms with van der Waals surface area (Å²) in [5, 5.41) is 3.93. The van der Waals surface area contributed by atoms with E-state index < -0.39 is 0 Å². The van der Waals surface area contributed by atoms with Gasteiger partial charge >= 0.3 is 0 Å². The smallest absolute Gasteiger partial charge is 0.255 e. The summed E-state index contributed by atoms with van der Waals surface area (Å²) in [6.07, 6.45) is 0. The molecule has 0 aliphatic heterocycles. The van der Waals surface area contributed by atoms with Crippen LogP contribution in [0.3, 0.4) is 0 Å². The summed E-state index contributed by atoms with van der Waals surface area (Å²) < 4.78 is 6.90. The van der Waals surface area contributed by atoms with Gasteiger partial charge in [-0.3, -0.25) is 4.79 Å². The monoisotopic (exact) mass is 416 g/mol. The fourth-order valence-corrected chi connectivity index (χ4v) is 4.11. The van der Waals surface area contributed by atoms with Crippen LogP contribution in [0.5, 0.6) is 5.75 Å². The minimum absolute atomic E-state index is 0.159. The van der Waals surface area contributed by atoms with Gasteiger partial charge in [0, 0.05) is 16.8 Å². The number of benzene rings is 3. The van der Waals surface area contributed by atoms with E-state index in [0.717, 1.165) is 21.8 Å². The maximum Gasteiger partial charge on any atom is 0.255 e. The van der Waals surface area contributed by atoms with E-state index >= 15 is 0 Å². The zero-order chi connectivity index (χ0) is 21.1. The molecule has 1 amide bonds. The Morgan fingerprint density at radius 3 is 2.63 bits per heavy atom. The van der Waals surface area contributed by atoms with Crippen molar-refractivity contribution in [3.8, 4) is 16.3 Å². The molecular weight excluding hydrogens is 392 g/mol. The van der Waals surface area contributed by atoms with Gasteiger partial charge in [-0.15, -0.1) is 11.3 Å². The number of aromatic nitrogens is 1. The Kier molecular flexibility index (Phi) is 5.81. The predicted octanol–water partition coefficient (Wildman–Crippen LogP) is 6.56. The topological polar surface area (TPSA) is 51.2 Å². The number of amides is 1. The molecule has 1 heterocycles. The van der Waals surface area contributed by atoms with E-state index in [9.17, 15) is 4.79 Å². The first-order chi connectivity index (χ1) is 14.5. The minimum atomic E-state index is -0.159. The van der Waals surface area contributed by atoms with E-state index in [1.165, 1.54) is 10.3 Å². The van der Waals surface area contributed by atoms with Crippen molar-refractivity contribution in [2.75, 3.05) is 11.9 Å². The Morgan fingerprint density at radius 2 is 1.87 bits per heavy atom. The van der Waals surface area contributed by atoms with Gasteiger partial charge in [0.05, 0.1) is 16.8 Å². The maximum atomic E-state index is 12.6. The van der Waals surface area contributed by atoms with Crippen LogP contribution in [0.4, 0.5) is 5.69 Å². The van der Waals surface area contributed by atoms with Crippen molar-refractivity contribution in [1.82, 2.24) is 4.98 Å². The largest absolute Gasteiger partial charge is 0.493 e. The maximum absolute atomic E-state index is 12.6. The third-order valence-corrected chi connectivity index (χ3v) is 5.68. The average molecular weight is 417 g/mol. The molecule has 30 heavy (non-hydrogen) atoms. The molecule has 152 valence electrons. The van der Waals surface area contributed by atoms with E-state index in [1.54, 1.807) is 23.5 Å².